The lowest BCUT2D eigenvalue weighted by Crippen LogP contribution is -2.49. The molecule has 1 saturated carbocycles. The number of nitrogens with zero attached hydrogens (tertiary/aromatic N) is 1. The normalized spacial score (nSPS) is 26.1. The van der Waals surface area contributed by atoms with Gasteiger partial charge in [-0.05, 0) is 79.7 Å². The summed E-state index contributed by atoms with van der Waals surface area (Å²) >= 11 is 6.31. The van der Waals surface area contributed by atoms with Crippen LogP contribution in [0, 0.1) is 17.7 Å². The SMILES string of the molecule is CC/C=C/C(O)[C@@H]1CC[C@H]1CN1C[C@@]2(CCCc3cc(Cl)ccc32)COc2cc(F)c(C(=O)O)cc21. The van der Waals surface area contributed by atoms with Crippen LogP contribution in [0.5, 0.6) is 5.75 Å². The first-order valence-corrected chi connectivity index (χ1v) is 13.3. The Balaban J connectivity index is 1.53. The van der Waals surface area contributed by atoms with Crippen molar-refractivity contribution in [3.63, 3.8) is 0 Å². The second-order valence-electron chi connectivity index (χ2n) is 10.5. The van der Waals surface area contributed by atoms with Crippen molar-refractivity contribution in [2.75, 3.05) is 24.6 Å². The maximum atomic E-state index is 14.7. The van der Waals surface area contributed by atoms with Gasteiger partial charge in [0.15, 0.2) is 0 Å². The first kappa shape index (κ1) is 25.1. The van der Waals surface area contributed by atoms with Gasteiger partial charge in [0, 0.05) is 29.6 Å². The summed E-state index contributed by atoms with van der Waals surface area (Å²) in [4.78, 5) is 14.0. The number of aliphatic hydroxyl groups excluding tert-OH is 1. The average molecular weight is 514 g/mol. The molecule has 3 aliphatic rings. The topological polar surface area (TPSA) is 70.0 Å². The molecule has 1 unspecified atom stereocenters. The van der Waals surface area contributed by atoms with Gasteiger partial charge in [-0.15, -0.1) is 0 Å². The van der Waals surface area contributed by atoms with Crippen LogP contribution in [0.3, 0.4) is 0 Å². The first-order valence-electron chi connectivity index (χ1n) is 12.9. The molecule has 0 saturated heterocycles. The highest BCUT2D eigenvalue weighted by molar-refractivity contribution is 6.30. The smallest absolute Gasteiger partial charge is 0.338 e. The quantitative estimate of drug-likeness (QED) is 0.463. The largest absolute Gasteiger partial charge is 0.490 e. The molecule has 0 radical (unpaired) electrons. The number of carbonyl (C=O) groups is 1. The second-order valence-corrected chi connectivity index (χ2v) is 11.0. The van der Waals surface area contributed by atoms with Crippen LogP contribution in [-0.4, -0.2) is 42.0 Å². The molecule has 1 heterocycles. The summed E-state index contributed by atoms with van der Waals surface area (Å²) in [5.41, 5.74) is 2.34. The summed E-state index contributed by atoms with van der Waals surface area (Å²) < 4.78 is 21.0. The number of aryl methyl sites for hydroxylation is 1. The Bertz CT molecular complexity index is 1180. The molecule has 0 aromatic heterocycles. The monoisotopic (exact) mass is 513 g/mol. The zero-order valence-corrected chi connectivity index (χ0v) is 21.3. The van der Waals surface area contributed by atoms with Crippen LogP contribution in [0.1, 0.15) is 60.5 Å². The van der Waals surface area contributed by atoms with Gasteiger partial charge in [-0.2, -0.15) is 0 Å². The molecule has 7 heteroatoms. The fourth-order valence-corrected chi connectivity index (χ4v) is 6.46. The number of halogens is 2. The highest BCUT2D eigenvalue weighted by atomic mass is 35.5. The van der Waals surface area contributed by atoms with Crippen LogP contribution in [0.2, 0.25) is 5.02 Å². The van der Waals surface area contributed by atoms with Gasteiger partial charge in [-0.3, -0.25) is 0 Å². The number of carboxylic acid groups (broad SMARTS) is 1. The molecular formula is C29H33ClFNO4. The third-order valence-corrected chi connectivity index (χ3v) is 8.53. The van der Waals surface area contributed by atoms with E-state index in [2.05, 4.69) is 11.0 Å². The number of anilines is 1. The number of hydrogen-bond acceptors (Lipinski definition) is 4. The maximum absolute atomic E-state index is 14.7. The Morgan fingerprint density at radius 3 is 2.89 bits per heavy atom. The summed E-state index contributed by atoms with van der Waals surface area (Å²) in [5, 5.41) is 21.0. The predicted octanol–water partition coefficient (Wildman–Crippen LogP) is 6.00. The zero-order valence-electron chi connectivity index (χ0n) is 20.6. The molecule has 1 spiro atoms. The van der Waals surface area contributed by atoms with Crippen molar-refractivity contribution in [1.29, 1.82) is 0 Å². The Kier molecular flexibility index (Phi) is 7.01. The fraction of sp³-hybridized carbons (Fsp3) is 0.483. The van der Waals surface area contributed by atoms with Gasteiger partial charge in [-0.1, -0.05) is 36.7 Å². The van der Waals surface area contributed by atoms with Crippen molar-refractivity contribution in [1.82, 2.24) is 0 Å². The lowest BCUT2D eigenvalue weighted by Gasteiger charge is -2.45. The molecule has 0 bridgehead atoms. The number of rotatable bonds is 6. The summed E-state index contributed by atoms with van der Waals surface area (Å²) in [6.07, 6.45) is 9.05. The number of ether oxygens (including phenoxy) is 1. The molecule has 5 nitrogen and oxygen atoms in total. The Labute approximate surface area is 216 Å². The molecule has 1 fully saturated rings. The van der Waals surface area contributed by atoms with E-state index in [1.54, 1.807) is 0 Å². The molecule has 0 amide bonds. The molecule has 2 aromatic rings. The summed E-state index contributed by atoms with van der Waals surface area (Å²) in [6, 6.07) is 8.66. The van der Waals surface area contributed by atoms with E-state index < -0.39 is 17.9 Å². The van der Waals surface area contributed by atoms with Crippen molar-refractivity contribution >= 4 is 23.3 Å². The van der Waals surface area contributed by atoms with Crippen LogP contribution in [-0.2, 0) is 11.8 Å². The van der Waals surface area contributed by atoms with E-state index >= 15 is 0 Å². The minimum Gasteiger partial charge on any atom is -0.490 e. The van der Waals surface area contributed by atoms with Crippen molar-refractivity contribution in [2.24, 2.45) is 11.8 Å². The second kappa shape index (κ2) is 10.1. The number of carboxylic acids is 1. The Morgan fingerprint density at radius 2 is 2.17 bits per heavy atom. The number of allylic oxidation sites excluding steroid dienone is 1. The van der Waals surface area contributed by atoms with Crippen LogP contribution in [0.15, 0.2) is 42.5 Å². The van der Waals surface area contributed by atoms with Crippen molar-refractivity contribution < 1.29 is 24.1 Å². The van der Waals surface area contributed by atoms with Gasteiger partial charge in [-0.25, -0.2) is 9.18 Å². The summed E-state index contributed by atoms with van der Waals surface area (Å²) in [5.74, 6) is -1.33. The molecule has 2 aliphatic carbocycles. The lowest BCUT2D eigenvalue weighted by atomic mass is 9.68. The third kappa shape index (κ3) is 4.61. The van der Waals surface area contributed by atoms with Gasteiger partial charge in [0.1, 0.15) is 11.6 Å². The van der Waals surface area contributed by atoms with E-state index in [4.69, 9.17) is 16.3 Å². The van der Waals surface area contributed by atoms with Crippen LogP contribution in [0.25, 0.3) is 0 Å². The predicted molar refractivity (Wildman–Crippen MR) is 139 cm³/mol. The Morgan fingerprint density at radius 1 is 1.33 bits per heavy atom. The Hall–Kier alpha value is -2.57. The maximum Gasteiger partial charge on any atom is 0.338 e. The number of fused-ring (bicyclic) bond motifs is 3. The van der Waals surface area contributed by atoms with Crippen molar-refractivity contribution in [3.8, 4) is 5.75 Å². The average Bonchev–Trinajstić information content (AvgIpc) is 2.97. The number of benzene rings is 2. The number of aliphatic hydroxyl groups is 1. The lowest BCUT2D eigenvalue weighted by molar-refractivity contribution is 0.0456. The molecule has 1 aliphatic heterocycles. The van der Waals surface area contributed by atoms with Gasteiger partial charge in [0.05, 0.1) is 24.0 Å². The standard InChI is InChI=1S/C29H33ClFNO4/c1-2-3-6-26(33)21-9-7-19(21)15-32-16-29(11-4-5-18-12-20(30)8-10-23(18)29)17-36-27-14-24(31)22(28(34)35)13-25(27)32/h3,6,8,10,12-14,19,21,26,33H,2,4-5,7,9,11,15-17H2,1H3,(H,34,35)/b6-3+/t19-,21+,26?,29-/m0/s1. The third-order valence-electron chi connectivity index (χ3n) is 8.30. The summed E-state index contributed by atoms with van der Waals surface area (Å²) in [7, 11) is 0. The van der Waals surface area contributed by atoms with E-state index in [-0.39, 0.29) is 22.8 Å². The van der Waals surface area contributed by atoms with E-state index in [9.17, 15) is 19.4 Å². The van der Waals surface area contributed by atoms with Gasteiger partial charge < -0.3 is 19.8 Å². The van der Waals surface area contributed by atoms with Gasteiger partial charge in [0.25, 0.3) is 0 Å². The highest BCUT2D eigenvalue weighted by Crippen LogP contribution is 2.47. The zero-order chi connectivity index (χ0) is 25.4. The first-order chi connectivity index (χ1) is 17.3. The molecule has 2 aromatic carbocycles. The van der Waals surface area contributed by atoms with E-state index in [1.807, 2.05) is 31.2 Å². The van der Waals surface area contributed by atoms with E-state index in [0.717, 1.165) is 38.5 Å². The van der Waals surface area contributed by atoms with Crippen LogP contribution in [0.4, 0.5) is 10.1 Å². The van der Waals surface area contributed by atoms with E-state index in [1.165, 1.54) is 23.3 Å². The molecule has 36 heavy (non-hydrogen) atoms. The molecule has 2 N–H and O–H groups in total. The molecular weight excluding hydrogens is 481 g/mol. The molecule has 192 valence electrons. The minimum atomic E-state index is -1.30. The number of aromatic carboxylic acids is 1. The van der Waals surface area contributed by atoms with Crippen LogP contribution < -0.4 is 9.64 Å². The van der Waals surface area contributed by atoms with E-state index in [0.29, 0.717) is 36.2 Å². The molecule has 4 atom stereocenters. The minimum absolute atomic E-state index is 0.146. The highest BCUT2D eigenvalue weighted by Gasteiger charge is 2.44. The fourth-order valence-electron chi connectivity index (χ4n) is 6.27. The molecule has 5 rings (SSSR count). The van der Waals surface area contributed by atoms with Crippen molar-refractivity contribution in [2.45, 2.75) is 57.0 Å². The number of hydrogen-bond donors (Lipinski definition) is 2. The van der Waals surface area contributed by atoms with Crippen molar-refractivity contribution in [3.05, 3.63) is 70.0 Å². The van der Waals surface area contributed by atoms with Gasteiger partial charge >= 0.3 is 5.97 Å². The van der Waals surface area contributed by atoms with Crippen LogP contribution >= 0.6 is 11.6 Å². The van der Waals surface area contributed by atoms with Gasteiger partial charge in [0.2, 0.25) is 0 Å². The summed E-state index contributed by atoms with van der Waals surface area (Å²) in [6.45, 7) is 3.70.